The number of carbonyl (C=O) groups excluding carboxylic acids is 1. The first kappa shape index (κ1) is 10.4. The zero-order chi connectivity index (χ0) is 10.6. The Morgan fingerprint density at radius 1 is 1.50 bits per heavy atom. The smallest absolute Gasteiger partial charge is 0.335 e. The van der Waals surface area contributed by atoms with Crippen molar-refractivity contribution in [3.05, 3.63) is 34.9 Å². The van der Waals surface area contributed by atoms with Crippen LogP contribution in [0.2, 0.25) is 0 Å². The van der Waals surface area contributed by atoms with Gasteiger partial charge >= 0.3 is 5.97 Å². The lowest BCUT2D eigenvalue weighted by atomic mass is 10.0. The highest BCUT2D eigenvalue weighted by molar-refractivity contribution is 5.89. The van der Waals surface area contributed by atoms with Crippen LogP contribution in [0.3, 0.4) is 0 Å². The van der Waals surface area contributed by atoms with E-state index in [4.69, 9.17) is 5.11 Å². The molecular weight excluding hydrogens is 180 g/mol. The van der Waals surface area contributed by atoms with Crippen molar-refractivity contribution in [2.45, 2.75) is 19.8 Å². The summed E-state index contributed by atoms with van der Waals surface area (Å²) < 4.78 is 0. The van der Waals surface area contributed by atoms with Crippen molar-refractivity contribution >= 4 is 12.3 Å². The maximum atomic E-state index is 10.8. The number of hydrogen-bond donors (Lipinski definition) is 1. The molecule has 0 aliphatic rings. The highest BCUT2D eigenvalue weighted by Crippen LogP contribution is 2.13. The average Bonchev–Trinajstić information content (AvgIpc) is 2.15. The highest BCUT2D eigenvalue weighted by atomic mass is 16.4. The van der Waals surface area contributed by atoms with Crippen LogP contribution in [0.4, 0.5) is 0 Å². The molecule has 0 aliphatic carbocycles. The van der Waals surface area contributed by atoms with Crippen molar-refractivity contribution in [3.8, 4) is 0 Å². The lowest BCUT2D eigenvalue weighted by molar-refractivity contribution is -0.107. The van der Waals surface area contributed by atoms with Crippen molar-refractivity contribution in [1.82, 2.24) is 0 Å². The van der Waals surface area contributed by atoms with Crippen LogP contribution in [-0.4, -0.2) is 17.4 Å². The normalized spacial score (nSPS) is 9.79. The SMILES string of the molecule is Cc1ccc(CCC=O)c(C(=O)O)c1. The van der Waals surface area contributed by atoms with Gasteiger partial charge in [-0.3, -0.25) is 0 Å². The summed E-state index contributed by atoms with van der Waals surface area (Å²) in [6.45, 7) is 1.84. The molecule has 0 saturated carbocycles. The van der Waals surface area contributed by atoms with E-state index < -0.39 is 5.97 Å². The van der Waals surface area contributed by atoms with Crippen molar-refractivity contribution < 1.29 is 14.7 Å². The number of carboxylic acid groups (broad SMARTS) is 1. The van der Waals surface area contributed by atoms with Crippen molar-refractivity contribution in [3.63, 3.8) is 0 Å². The minimum Gasteiger partial charge on any atom is -0.478 e. The number of aryl methyl sites for hydroxylation is 2. The first-order valence-corrected chi connectivity index (χ1v) is 4.41. The summed E-state index contributed by atoms with van der Waals surface area (Å²) in [5, 5.41) is 8.90. The Labute approximate surface area is 82.4 Å². The summed E-state index contributed by atoms with van der Waals surface area (Å²) in [6, 6.07) is 5.25. The Morgan fingerprint density at radius 2 is 2.21 bits per heavy atom. The highest BCUT2D eigenvalue weighted by Gasteiger charge is 2.09. The number of carboxylic acids is 1. The maximum absolute atomic E-state index is 10.8. The Bertz CT molecular complexity index is 356. The molecule has 0 heterocycles. The molecule has 0 radical (unpaired) electrons. The second-order valence-corrected chi connectivity index (χ2v) is 3.17. The number of hydrogen-bond acceptors (Lipinski definition) is 2. The van der Waals surface area contributed by atoms with Crippen LogP contribution in [-0.2, 0) is 11.2 Å². The Morgan fingerprint density at radius 3 is 2.79 bits per heavy atom. The lowest BCUT2D eigenvalue weighted by Crippen LogP contribution is -2.03. The van der Waals surface area contributed by atoms with Crippen LogP contribution in [0, 0.1) is 6.92 Å². The molecule has 14 heavy (non-hydrogen) atoms. The molecule has 1 aromatic rings. The molecule has 1 N–H and O–H groups in total. The molecule has 0 aromatic heterocycles. The van der Waals surface area contributed by atoms with E-state index in [0.29, 0.717) is 18.4 Å². The van der Waals surface area contributed by atoms with E-state index in [9.17, 15) is 9.59 Å². The van der Waals surface area contributed by atoms with Crippen LogP contribution in [0.25, 0.3) is 0 Å². The first-order valence-electron chi connectivity index (χ1n) is 4.41. The van der Waals surface area contributed by atoms with Crippen LogP contribution in [0.5, 0.6) is 0 Å². The third kappa shape index (κ3) is 2.42. The minimum atomic E-state index is -0.936. The molecule has 3 heteroatoms. The summed E-state index contributed by atoms with van der Waals surface area (Å²) in [4.78, 5) is 21.0. The quantitative estimate of drug-likeness (QED) is 0.740. The summed E-state index contributed by atoms with van der Waals surface area (Å²) in [5.41, 5.74) is 1.93. The molecule has 0 fully saturated rings. The van der Waals surface area contributed by atoms with E-state index in [1.165, 1.54) is 0 Å². The van der Waals surface area contributed by atoms with Gasteiger partial charge in [0.1, 0.15) is 6.29 Å². The van der Waals surface area contributed by atoms with Gasteiger partial charge in [-0.25, -0.2) is 4.79 Å². The number of carbonyl (C=O) groups is 2. The summed E-state index contributed by atoms with van der Waals surface area (Å²) in [7, 11) is 0. The van der Waals surface area contributed by atoms with Gasteiger partial charge in [0.2, 0.25) is 0 Å². The fraction of sp³-hybridized carbons (Fsp3) is 0.273. The van der Waals surface area contributed by atoms with Gasteiger partial charge in [-0.05, 0) is 25.0 Å². The number of benzene rings is 1. The zero-order valence-electron chi connectivity index (χ0n) is 7.99. The summed E-state index contributed by atoms with van der Waals surface area (Å²) >= 11 is 0. The zero-order valence-corrected chi connectivity index (χ0v) is 7.99. The van der Waals surface area contributed by atoms with Crippen molar-refractivity contribution in [2.24, 2.45) is 0 Å². The van der Waals surface area contributed by atoms with Crippen LogP contribution in [0.15, 0.2) is 18.2 Å². The Balaban J connectivity index is 3.01. The number of rotatable bonds is 4. The van der Waals surface area contributed by atoms with Gasteiger partial charge in [-0.15, -0.1) is 0 Å². The van der Waals surface area contributed by atoms with Gasteiger partial charge < -0.3 is 9.90 Å². The first-order chi connectivity index (χ1) is 6.65. The predicted octanol–water partition coefficient (Wildman–Crippen LogP) is 1.82. The van der Waals surface area contributed by atoms with Crippen molar-refractivity contribution in [1.29, 1.82) is 0 Å². The molecule has 0 bridgehead atoms. The van der Waals surface area contributed by atoms with Gasteiger partial charge in [0.25, 0.3) is 0 Å². The molecule has 0 unspecified atom stereocenters. The summed E-state index contributed by atoms with van der Waals surface area (Å²) in [5.74, 6) is -0.936. The number of aldehydes is 1. The van der Waals surface area contributed by atoms with E-state index in [2.05, 4.69) is 0 Å². The molecule has 74 valence electrons. The second-order valence-electron chi connectivity index (χ2n) is 3.17. The minimum absolute atomic E-state index is 0.298. The average molecular weight is 192 g/mol. The molecule has 0 atom stereocenters. The van der Waals surface area contributed by atoms with Crippen LogP contribution < -0.4 is 0 Å². The van der Waals surface area contributed by atoms with Gasteiger partial charge in [-0.2, -0.15) is 0 Å². The van der Waals surface area contributed by atoms with Gasteiger partial charge in [0, 0.05) is 6.42 Å². The van der Waals surface area contributed by atoms with Crippen LogP contribution >= 0.6 is 0 Å². The van der Waals surface area contributed by atoms with E-state index >= 15 is 0 Å². The molecular formula is C11H12O3. The van der Waals surface area contributed by atoms with Gasteiger partial charge in [0.05, 0.1) is 5.56 Å². The van der Waals surface area contributed by atoms with E-state index in [1.54, 1.807) is 12.1 Å². The standard InChI is InChI=1S/C11H12O3/c1-8-4-5-9(3-2-6-12)10(7-8)11(13)14/h4-7H,2-3H2,1H3,(H,13,14). The van der Waals surface area contributed by atoms with E-state index in [1.807, 2.05) is 13.0 Å². The number of aromatic carboxylic acids is 1. The topological polar surface area (TPSA) is 54.4 Å². The van der Waals surface area contributed by atoms with E-state index in [-0.39, 0.29) is 0 Å². The monoisotopic (exact) mass is 192 g/mol. The van der Waals surface area contributed by atoms with Crippen molar-refractivity contribution in [2.75, 3.05) is 0 Å². The molecule has 0 aliphatic heterocycles. The molecule has 0 amide bonds. The van der Waals surface area contributed by atoms with Crippen LogP contribution in [0.1, 0.15) is 27.9 Å². The Kier molecular flexibility index (Phi) is 3.40. The van der Waals surface area contributed by atoms with Gasteiger partial charge in [-0.1, -0.05) is 17.7 Å². The fourth-order valence-corrected chi connectivity index (χ4v) is 1.32. The molecule has 1 aromatic carbocycles. The Hall–Kier alpha value is -1.64. The molecule has 0 saturated heterocycles. The maximum Gasteiger partial charge on any atom is 0.335 e. The van der Waals surface area contributed by atoms with E-state index in [0.717, 1.165) is 17.4 Å². The van der Waals surface area contributed by atoms with Gasteiger partial charge in [0.15, 0.2) is 0 Å². The molecule has 0 spiro atoms. The molecule has 1 rings (SSSR count). The third-order valence-corrected chi connectivity index (χ3v) is 2.03. The third-order valence-electron chi connectivity index (χ3n) is 2.03. The second kappa shape index (κ2) is 4.56. The summed E-state index contributed by atoms with van der Waals surface area (Å²) in [6.07, 6.45) is 1.65. The lowest BCUT2D eigenvalue weighted by Gasteiger charge is -2.04. The largest absolute Gasteiger partial charge is 0.478 e. The fourth-order valence-electron chi connectivity index (χ4n) is 1.32. The molecule has 3 nitrogen and oxygen atoms in total. The predicted molar refractivity (Wildman–Crippen MR) is 52.5 cm³/mol.